The van der Waals surface area contributed by atoms with Crippen molar-refractivity contribution < 1.29 is 14.6 Å². The first-order valence-electron chi connectivity index (χ1n) is 3.88. The molecule has 1 aliphatic rings. The van der Waals surface area contributed by atoms with Gasteiger partial charge in [-0.3, -0.25) is 0 Å². The van der Waals surface area contributed by atoms with E-state index in [1.807, 2.05) is 12.2 Å². The maximum absolute atomic E-state index is 10.8. The van der Waals surface area contributed by atoms with Crippen molar-refractivity contribution in [2.75, 3.05) is 13.7 Å². The molecule has 0 atom stereocenters. The lowest BCUT2D eigenvalue weighted by atomic mass is 10.4. The van der Waals surface area contributed by atoms with E-state index in [0.29, 0.717) is 0 Å². The Morgan fingerprint density at radius 3 is 2.86 bits per heavy atom. The molecule has 0 radical (unpaired) electrons. The summed E-state index contributed by atoms with van der Waals surface area (Å²) < 4.78 is 4.46. The van der Waals surface area contributed by atoms with Gasteiger partial charge in [0.05, 0.1) is 13.7 Å². The Hall–Kier alpha value is -0.650. The van der Waals surface area contributed by atoms with Crippen LogP contribution in [0.4, 0.5) is 0 Å². The standard InChI is InChI=1S/C9H10O3S2/c1-12-9(11)5-4-7-2-3-8(6-10)14-13-7/h2-5,10H,6H2,1H3/b5-4+. The van der Waals surface area contributed by atoms with Crippen LogP contribution in [-0.2, 0) is 9.53 Å². The number of allylic oxidation sites excluding steroid dienone is 3. The van der Waals surface area contributed by atoms with Crippen molar-refractivity contribution in [3.8, 4) is 0 Å². The Morgan fingerprint density at radius 2 is 2.36 bits per heavy atom. The smallest absolute Gasteiger partial charge is 0.330 e. The molecule has 0 fully saturated rings. The van der Waals surface area contributed by atoms with Crippen molar-refractivity contribution in [1.82, 2.24) is 0 Å². The van der Waals surface area contributed by atoms with E-state index in [1.165, 1.54) is 34.8 Å². The van der Waals surface area contributed by atoms with E-state index in [2.05, 4.69) is 4.74 Å². The summed E-state index contributed by atoms with van der Waals surface area (Å²) >= 11 is 0. The second-order valence-corrected chi connectivity index (χ2v) is 4.71. The first-order valence-corrected chi connectivity index (χ1v) is 6.03. The predicted molar refractivity (Wildman–Crippen MR) is 59.6 cm³/mol. The number of aliphatic hydroxyl groups is 1. The molecule has 1 aliphatic heterocycles. The Balaban J connectivity index is 2.56. The molecule has 0 aliphatic carbocycles. The second kappa shape index (κ2) is 5.95. The minimum Gasteiger partial charge on any atom is -0.466 e. The predicted octanol–water partition coefficient (Wildman–Crippen LogP) is 1.87. The van der Waals surface area contributed by atoms with Gasteiger partial charge >= 0.3 is 5.97 Å². The van der Waals surface area contributed by atoms with Crippen LogP contribution in [0, 0.1) is 0 Å². The van der Waals surface area contributed by atoms with Crippen molar-refractivity contribution in [1.29, 1.82) is 0 Å². The lowest BCUT2D eigenvalue weighted by molar-refractivity contribution is -0.134. The van der Waals surface area contributed by atoms with Gasteiger partial charge in [0.25, 0.3) is 0 Å². The summed E-state index contributed by atoms with van der Waals surface area (Å²) in [6.07, 6.45) is 6.75. The summed E-state index contributed by atoms with van der Waals surface area (Å²) in [7, 11) is 4.33. The largest absolute Gasteiger partial charge is 0.466 e. The molecule has 0 unspecified atom stereocenters. The van der Waals surface area contributed by atoms with Gasteiger partial charge in [0.2, 0.25) is 0 Å². The van der Waals surface area contributed by atoms with Crippen molar-refractivity contribution in [2.45, 2.75) is 0 Å². The fourth-order valence-corrected chi connectivity index (χ4v) is 2.61. The summed E-state index contributed by atoms with van der Waals surface area (Å²) in [5.74, 6) is -0.367. The van der Waals surface area contributed by atoms with Gasteiger partial charge in [-0.05, 0) is 18.2 Å². The third kappa shape index (κ3) is 3.61. The number of methoxy groups -OCH3 is 1. The van der Waals surface area contributed by atoms with Crippen molar-refractivity contribution in [3.63, 3.8) is 0 Å². The third-order valence-corrected chi connectivity index (χ3v) is 3.92. The number of ether oxygens (including phenoxy) is 1. The number of hydrogen-bond donors (Lipinski definition) is 1. The summed E-state index contributed by atoms with van der Waals surface area (Å²) in [5, 5.41) is 8.81. The van der Waals surface area contributed by atoms with Gasteiger partial charge in [-0.2, -0.15) is 0 Å². The van der Waals surface area contributed by atoms with Gasteiger partial charge in [0.1, 0.15) is 0 Å². The second-order valence-electron chi connectivity index (χ2n) is 2.38. The lowest BCUT2D eigenvalue weighted by Gasteiger charge is -2.07. The van der Waals surface area contributed by atoms with Gasteiger partial charge in [0.15, 0.2) is 0 Å². The number of hydrogen-bond acceptors (Lipinski definition) is 5. The van der Waals surface area contributed by atoms with Gasteiger partial charge in [-0.1, -0.05) is 21.6 Å². The molecule has 0 saturated heterocycles. The Bertz CT molecular complexity index is 305. The Morgan fingerprint density at radius 1 is 1.57 bits per heavy atom. The summed E-state index contributed by atoms with van der Waals surface area (Å²) in [5.41, 5.74) is 0. The minimum atomic E-state index is -0.367. The maximum Gasteiger partial charge on any atom is 0.330 e. The number of carbonyl (C=O) groups is 1. The van der Waals surface area contributed by atoms with E-state index in [4.69, 9.17) is 5.11 Å². The quantitative estimate of drug-likeness (QED) is 0.455. The van der Waals surface area contributed by atoms with Crippen LogP contribution >= 0.6 is 21.6 Å². The highest BCUT2D eigenvalue weighted by Gasteiger charge is 2.05. The fourth-order valence-electron chi connectivity index (χ4n) is 0.713. The van der Waals surface area contributed by atoms with Crippen molar-refractivity contribution in [3.05, 3.63) is 34.1 Å². The Kier molecular flexibility index (Phi) is 4.86. The number of rotatable bonds is 3. The minimum absolute atomic E-state index is 0.0577. The third-order valence-electron chi connectivity index (χ3n) is 1.42. The summed E-state index contributed by atoms with van der Waals surface area (Å²) in [6.45, 7) is 0.0577. The fraction of sp³-hybridized carbons (Fsp3) is 0.222. The molecule has 5 heteroatoms. The molecule has 0 bridgehead atoms. The number of esters is 1. The lowest BCUT2D eigenvalue weighted by Crippen LogP contribution is -1.93. The molecule has 14 heavy (non-hydrogen) atoms. The van der Waals surface area contributed by atoms with E-state index >= 15 is 0 Å². The Labute approximate surface area is 90.3 Å². The molecule has 0 amide bonds. The topological polar surface area (TPSA) is 46.5 Å². The molecule has 0 aromatic heterocycles. The molecule has 76 valence electrons. The molecule has 0 aromatic carbocycles. The van der Waals surface area contributed by atoms with E-state index in [9.17, 15) is 4.79 Å². The van der Waals surface area contributed by atoms with E-state index in [1.54, 1.807) is 6.08 Å². The van der Waals surface area contributed by atoms with Crippen LogP contribution in [0.5, 0.6) is 0 Å². The zero-order chi connectivity index (χ0) is 10.4. The SMILES string of the molecule is COC(=O)/C=C/C1=CC=C(CO)SS1. The highest BCUT2D eigenvalue weighted by atomic mass is 33.1. The molecule has 0 spiro atoms. The van der Waals surface area contributed by atoms with Crippen LogP contribution in [0.25, 0.3) is 0 Å². The van der Waals surface area contributed by atoms with Crippen LogP contribution in [0.1, 0.15) is 0 Å². The molecular formula is C9H10O3S2. The van der Waals surface area contributed by atoms with E-state index in [0.717, 1.165) is 9.81 Å². The monoisotopic (exact) mass is 230 g/mol. The van der Waals surface area contributed by atoms with Gasteiger partial charge in [0, 0.05) is 15.9 Å². The van der Waals surface area contributed by atoms with Crippen LogP contribution < -0.4 is 0 Å². The molecule has 0 aromatic rings. The maximum atomic E-state index is 10.8. The highest BCUT2D eigenvalue weighted by Crippen LogP contribution is 2.40. The van der Waals surface area contributed by atoms with Gasteiger partial charge in [-0.25, -0.2) is 4.79 Å². The van der Waals surface area contributed by atoms with Crippen LogP contribution in [-0.4, -0.2) is 24.8 Å². The van der Waals surface area contributed by atoms with Gasteiger partial charge < -0.3 is 9.84 Å². The summed E-state index contributed by atoms with van der Waals surface area (Å²) in [6, 6.07) is 0. The van der Waals surface area contributed by atoms with Crippen LogP contribution in [0.15, 0.2) is 34.1 Å². The average molecular weight is 230 g/mol. The first-order chi connectivity index (χ1) is 6.76. The van der Waals surface area contributed by atoms with Gasteiger partial charge in [-0.15, -0.1) is 0 Å². The van der Waals surface area contributed by atoms with Crippen LogP contribution in [0.2, 0.25) is 0 Å². The molecule has 3 nitrogen and oxygen atoms in total. The van der Waals surface area contributed by atoms with E-state index in [-0.39, 0.29) is 12.6 Å². The highest BCUT2D eigenvalue weighted by molar-refractivity contribution is 8.79. The zero-order valence-electron chi connectivity index (χ0n) is 7.60. The van der Waals surface area contributed by atoms with E-state index < -0.39 is 0 Å². The molecule has 1 N–H and O–H groups in total. The summed E-state index contributed by atoms with van der Waals surface area (Å²) in [4.78, 5) is 12.6. The molecule has 0 saturated carbocycles. The molecule has 1 heterocycles. The van der Waals surface area contributed by atoms with Crippen molar-refractivity contribution in [2.24, 2.45) is 0 Å². The first kappa shape index (κ1) is 11.4. The normalized spacial score (nSPS) is 16.4. The van der Waals surface area contributed by atoms with Crippen LogP contribution in [0.3, 0.4) is 0 Å². The molecular weight excluding hydrogens is 220 g/mol. The number of carbonyl (C=O) groups excluding carboxylic acids is 1. The average Bonchev–Trinajstić information content (AvgIpc) is 2.26. The van der Waals surface area contributed by atoms with Crippen molar-refractivity contribution >= 4 is 27.6 Å². The zero-order valence-corrected chi connectivity index (χ0v) is 9.23. The number of aliphatic hydroxyl groups excluding tert-OH is 1. The molecule has 1 rings (SSSR count).